The zero-order valence-electron chi connectivity index (χ0n) is 28.6. The summed E-state index contributed by atoms with van der Waals surface area (Å²) >= 11 is 0. The second-order valence-corrected chi connectivity index (χ2v) is 13.2. The molecule has 0 aliphatic carbocycles. The molecule has 0 spiro atoms. The van der Waals surface area contributed by atoms with Gasteiger partial charge in [-0.1, -0.05) is 189 Å². The summed E-state index contributed by atoms with van der Waals surface area (Å²) in [4.78, 5) is 13.0. The Morgan fingerprint density at radius 2 is 0.925 bits per heavy atom. The summed E-state index contributed by atoms with van der Waals surface area (Å²) in [6, 6.07) is 0. The zero-order valence-corrected chi connectivity index (χ0v) is 28.6. The molecule has 40 heavy (non-hydrogen) atoms. The number of rotatable bonds is 32. The lowest BCUT2D eigenvalue weighted by molar-refractivity contribution is -0.164. The van der Waals surface area contributed by atoms with Crippen LogP contribution in [-0.4, -0.2) is 11.6 Å². The van der Waals surface area contributed by atoms with Gasteiger partial charge in [0, 0.05) is 6.42 Å². The van der Waals surface area contributed by atoms with Crippen LogP contribution in [0, 0.1) is 5.92 Å². The van der Waals surface area contributed by atoms with Crippen LogP contribution in [0.1, 0.15) is 227 Å². The molecule has 0 aliphatic rings. The molecule has 0 aliphatic heterocycles. The molecule has 0 radical (unpaired) electrons. The van der Waals surface area contributed by atoms with Crippen molar-refractivity contribution in [2.75, 3.05) is 0 Å². The Morgan fingerprint density at radius 3 is 1.32 bits per heavy atom. The molecule has 2 atom stereocenters. The van der Waals surface area contributed by atoms with E-state index in [-0.39, 0.29) is 11.6 Å². The monoisotopic (exact) mass is 565 g/mol. The zero-order chi connectivity index (χ0) is 29.6. The Bertz CT molecular complexity index is 516. The Hall–Kier alpha value is -0.530. The first-order chi connectivity index (χ1) is 19.6. The van der Waals surface area contributed by atoms with E-state index in [1.54, 1.807) is 0 Å². The van der Waals surface area contributed by atoms with Crippen molar-refractivity contribution in [3.63, 3.8) is 0 Å². The molecule has 240 valence electrons. The molecule has 2 nitrogen and oxygen atoms in total. The summed E-state index contributed by atoms with van der Waals surface area (Å²) in [6.45, 7) is 11.4. The number of unbranched alkanes of at least 4 members (excludes halogenated alkanes) is 21. The maximum Gasteiger partial charge on any atom is 0.306 e. The Morgan fingerprint density at radius 1 is 0.525 bits per heavy atom. The van der Waals surface area contributed by atoms with Gasteiger partial charge in [-0.25, -0.2) is 0 Å². The van der Waals surface area contributed by atoms with Crippen molar-refractivity contribution in [2.24, 2.45) is 5.92 Å². The van der Waals surface area contributed by atoms with E-state index < -0.39 is 0 Å². The fourth-order valence-electron chi connectivity index (χ4n) is 6.39. The van der Waals surface area contributed by atoms with E-state index in [4.69, 9.17) is 4.74 Å². The van der Waals surface area contributed by atoms with Crippen molar-refractivity contribution in [2.45, 2.75) is 233 Å². The van der Waals surface area contributed by atoms with Crippen LogP contribution in [0.5, 0.6) is 0 Å². The van der Waals surface area contributed by atoms with Gasteiger partial charge in [-0.05, 0) is 38.0 Å². The minimum absolute atomic E-state index is 0.0739. The van der Waals surface area contributed by atoms with Crippen LogP contribution < -0.4 is 0 Å². The van der Waals surface area contributed by atoms with Crippen LogP contribution >= 0.6 is 0 Å². The van der Waals surface area contributed by atoms with Crippen LogP contribution in [0.4, 0.5) is 0 Å². The Kier molecular flexibility index (Phi) is 29.5. The highest BCUT2D eigenvalue weighted by atomic mass is 16.6. The first-order valence-electron chi connectivity index (χ1n) is 18.8. The van der Waals surface area contributed by atoms with Gasteiger partial charge in [0.1, 0.15) is 5.60 Å². The van der Waals surface area contributed by atoms with Crippen LogP contribution in [-0.2, 0) is 9.53 Å². The molecule has 0 saturated heterocycles. The highest BCUT2D eigenvalue weighted by Gasteiger charge is 2.34. The first kappa shape index (κ1) is 39.5. The molecule has 0 rings (SSSR count). The van der Waals surface area contributed by atoms with Gasteiger partial charge >= 0.3 is 5.97 Å². The Labute approximate surface area is 254 Å². The summed E-state index contributed by atoms with van der Waals surface area (Å²) in [6.07, 6.45) is 38.3. The smallest absolute Gasteiger partial charge is 0.306 e. The molecule has 0 amide bonds. The van der Waals surface area contributed by atoms with Crippen molar-refractivity contribution in [1.29, 1.82) is 0 Å². The normalized spacial score (nSPS) is 13.8. The summed E-state index contributed by atoms with van der Waals surface area (Å²) in [5.41, 5.74) is -0.232. The summed E-state index contributed by atoms with van der Waals surface area (Å²) in [7, 11) is 0. The molecule has 2 heteroatoms. The molecule has 0 aromatic heterocycles. The van der Waals surface area contributed by atoms with E-state index in [2.05, 4.69) is 34.6 Å². The highest BCUT2D eigenvalue weighted by Crippen LogP contribution is 2.35. The second-order valence-electron chi connectivity index (χ2n) is 13.2. The summed E-state index contributed by atoms with van der Waals surface area (Å²) in [5, 5.41) is 0. The fraction of sp³-hybridized carbons (Fsp3) is 0.974. The maximum atomic E-state index is 13.0. The molecule has 0 aromatic rings. The van der Waals surface area contributed by atoms with Crippen molar-refractivity contribution in [3.8, 4) is 0 Å². The van der Waals surface area contributed by atoms with Gasteiger partial charge in [0.2, 0.25) is 0 Å². The quantitative estimate of drug-likeness (QED) is 0.0600. The van der Waals surface area contributed by atoms with Crippen LogP contribution in [0.15, 0.2) is 0 Å². The largest absolute Gasteiger partial charge is 0.459 e. The number of carbonyl (C=O) groups is 1. The standard InChI is InChI=1S/C38H76O2/c1-6-11-14-16-18-19-20-21-22-23-24-25-26-28-30-33-37(39)40-38(10-5,35-36(9-4)32-13-8-3)34-31-29-27-17-15-12-7-2/h36H,6-35H2,1-5H3. The topological polar surface area (TPSA) is 26.3 Å². The van der Waals surface area contributed by atoms with Crippen molar-refractivity contribution in [3.05, 3.63) is 0 Å². The SMILES string of the molecule is CCCCCCCCCCCCCCCCCC(=O)OC(CC)(CCCCCCCCC)CC(CC)CCCC. The maximum absolute atomic E-state index is 13.0. The van der Waals surface area contributed by atoms with E-state index in [1.807, 2.05) is 0 Å². The van der Waals surface area contributed by atoms with Crippen LogP contribution in [0.2, 0.25) is 0 Å². The average Bonchev–Trinajstić information content (AvgIpc) is 2.96. The van der Waals surface area contributed by atoms with E-state index in [0.717, 1.165) is 25.7 Å². The molecule has 0 bridgehead atoms. The molecular weight excluding hydrogens is 488 g/mol. The van der Waals surface area contributed by atoms with Gasteiger partial charge in [0.25, 0.3) is 0 Å². The van der Waals surface area contributed by atoms with Crippen LogP contribution in [0.3, 0.4) is 0 Å². The number of ether oxygens (including phenoxy) is 1. The minimum Gasteiger partial charge on any atom is -0.459 e. The number of hydrogen-bond acceptors (Lipinski definition) is 2. The third-order valence-electron chi connectivity index (χ3n) is 9.40. The van der Waals surface area contributed by atoms with E-state index in [0.29, 0.717) is 12.3 Å². The van der Waals surface area contributed by atoms with E-state index in [1.165, 1.54) is 161 Å². The lowest BCUT2D eigenvalue weighted by Crippen LogP contribution is -2.37. The van der Waals surface area contributed by atoms with Gasteiger partial charge in [-0.15, -0.1) is 0 Å². The predicted octanol–water partition coefficient (Wildman–Crippen LogP) is 13.7. The fourth-order valence-corrected chi connectivity index (χ4v) is 6.39. The third kappa shape index (κ3) is 24.1. The number of hydrogen-bond donors (Lipinski definition) is 0. The van der Waals surface area contributed by atoms with Crippen LogP contribution in [0.25, 0.3) is 0 Å². The van der Waals surface area contributed by atoms with Gasteiger partial charge in [0.15, 0.2) is 0 Å². The van der Waals surface area contributed by atoms with E-state index >= 15 is 0 Å². The lowest BCUT2D eigenvalue weighted by atomic mass is 9.80. The highest BCUT2D eigenvalue weighted by molar-refractivity contribution is 5.69. The van der Waals surface area contributed by atoms with Gasteiger partial charge in [-0.2, -0.15) is 0 Å². The molecular formula is C38H76O2. The predicted molar refractivity (Wildman–Crippen MR) is 179 cm³/mol. The number of carbonyl (C=O) groups excluding carboxylic acids is 1. The molecule has 2 unspecified atom stereocenters. The lowest BCUT2D eigenvalue weighted by Gasteiger charge is -2.36. The molecule has 0 fully saturated rings. The third-order valence-corrected chi connectivity index (χ3v) is 9.40. The minimum atomic E-state index is -0.232. The summed E-state index contributed by atoms with van der Waals surface area (Å²) in [5.74, 6) is 0.757. The average molecular weight is 565 g/mol. The van der Waals surface area contributed by atoms with Crippen molar-refractivity contribution < 1.29 is 9.53 Å². The van der Waals surface area contributed by atoms with Crippen molar-refractivity contribution >= 4 is 5.97 Å². The van der Waals surface area contributed by atoms with E-state index in [9.17, 15) is 4.79 Å². The van der Waals surface area contributed by atoms with Gasteiger partial charge in [-0.3, -0.25) is 4.79 Å². The molecule has 0 saturated carbocycles. The van der Waals surface area contributed by atoms with Crippen molar-refractivity contribution in [1.82, 2.24) is 0 Å². The van der Waals surface area contributed by atoms with Gasteiger partial charge in [0.05, 0.1) is 0 Å². The van der Waals surface area contributed by atoms with Gasteiger partial charge < -0.3 is 4.74 Å². The first-order valence-corrected chi connectivity index (χ1v) is 18.8. The molecule has 0 heterocycles. The summed E-state index contributed by atoms with van der Waals surface area (Å²) < 4.78 is 6.42. The molecule has 0 aromatic carbocycles. The molecule has 0 N–H and O–H groups in total. The number of esters is 1. The Balaban J connectivity index is 4.25. The second kappa shape index (κ2) is 29.9.